The Labute approximate surface area is 68.0 Å². The molecule has 6 nitrogen and oxygen atoms in total. The molecule has 12 heavy (non-hydrogen) atoms. The van der Waals surface area contributed by atoms with Crippen LogP contribution in [0, 0.1) is 0 Å². The molecular formula is C6H10O6. The zero-order valence-electron chi connectivity index (χ0n) is 6.12. The van der Waals surface area contributed by atoms with Gasteiger partial charge in [0.05, 0.1) is 6.61 Å². The van der Waals surface area contributed by atoms with Crippen LogP contribution in [-0.2, 0) is 9.53 Å². The molecule has 0 aromatic rings. The molecule has 0 radical (unpaired) electrons. The summed E-state index contributed by atoms with van der Waals surface area (Å²) >= 11 is 0. The second-order valence-corrected chi connectivity index (χ2v) is 2.54. The number of hydrogen-bond acceptors (Lipinski definition) is 6. The number of aliphatic hydroxyl groups is 4. The summed E-state index contributed by atoms with van der Waals surface area (Å²) in [5.74, 6) is -0.937. The van der Waals surface area contributed by atoms with E-state index in [9.17, 15) is 4.79 Å². The molecule has 1 aliphatic rings. The molecule has 6 heteroatoms. The number of ketones is 1. The van der Waals surface area contributed by atoms with E-state index < -0.39 is 37.0 Å². The van der Waals surface area contributed by atoms with Crippen molar-refractivity contribution >= 4 is 5.78 Å². The molecule has 0 spiro atoms. The third kappa shape index (κ3) is 1.47. The summed E-state index contributed by atoms with van der Waals surface area (Å²) in [6, 6.07) is 0. The molecule has 4 N–H and O–H groups in total. The van der Waals surface area contributed by atoms with Crippen LogP contribution in [0.15, 0.2) is 0 Å². The fourth-order valence-electron chi connectivity index (χ4n) is 0.969. The molecule has 70 valence electrons. The van der Waals surface area contributed by atoms with Gasteiger partial charge in [-0.05, 0) is 0 Å². The van der Waals surface area contributed by atoms with Crippen LogP contribution in [-0.4, -0.2) is 57.4 Å². The van der Waals surface area contributed by atoms with Gasteiger partial charge in [0.1, 0.15) is 12.2 Å². The van der Waals surface area contributed by atoms with Crippen LogP contribution in [0.25, 0.3) is 0 Å². The summed E-state index contributed by atoms with van der Waals surface area (Å²) in [7, 11) is 0. The SMILES string of the molecule is O=C1C(O)C(O)OC(CO)C1O. The largest absolute Gasteiger partial charge is 0.394 e. The molecule has 1 saturated heterocycles. The Bertz CT molecular complexity index is 181. The van der Waals surface area contributed by atoms with Crippen LogP contribution >= 0.6 is 0 Å². The Kier molecular flexibility index (Phi) is 2.76. The zero-order valence-corrected chi connectivity index (χ0v) is 6.12. The minimum Gasteiger partial charge on any atom is -0.394 e. The van der Waals surface area contributed by atoms with E-state index in [4.69, 9.17) is 20.4 Å². The van der Waals surface area contributed by atoms with Crippen molar-refractivity contribution in [3.05, 3.63) is 0 Å². The lowest BCUT2D eigenvalue weighted by Gasteiger charge is -2.32. The number of Topliss-reactive ketones (excluding diaryl/α,β-unsaturated/α-hetero) is 1. The quantitative estimate of drug-likeness (QED) is 0.340. The van der Waals surface area contributed by atoms with Crippen molar-refractivity contribution in [1.82, 2.24) is 0 Å². The number of rotatable bonds is 1. The average Bonchev–Trinajstić information content (AvgIpc) is 2.08. The van der Waals surface area contributed by atoms with E-state index in [2.05, 4.69) is 4.74 Å². The van der Waals surface area contributed by atoms with Crippen LogP contribution in [0.3, 0.4) is 0 Å². The number of hydrogen-bond donors (Lipinski definition) is 4. The summed E-state index contributed by atoms with van der Waals surface area (Å²) in [5.41, 5.74) is 0. The second-order valence-electron chi connectivity index (χ2n) is 2.54. The van der Waals surface area contributed by atoms with E-state index in [0.717, 1.165) is 0 Å². The standard InChI is InChI=1S/C6H10O6/c7-1-2-3(8)4(9)5(10)6(11)12-2/h2-3,5-8,10-11H,1H2. The van der Waals surface area contributed by atoms with Crippen LogP contribution in [0.4, 0.5) is 0 Å². The topological polar surface area (TPSA) is 107 Å². The van der Waals surface area contributed by atoms with Gasteiger partial charge in [-0.25, -0.2) is 0 Å². The molecule has 0 aromatic heterocycles. The van der Waals surface area contributed by atoms with Gasteiger partial charge in [0, 0.05) is 0 Å². The monoisotopic (exact) mass is 178 g/mol. The first-order chi connectivity index (χ1) is 5.57. The minimum atomic E-state index is -1.73. The van der Waals surface area contributed by atoms with Crippen molar-refractivity contribution < 1.29 is 30.0 Å². The highest BCUT2D eigenvalue weighted by molar-refractivity contribution is 5.88. The highest BCUT2D eigenvalue weighted by atomic mass is 16.6. The number of carbonyl (C=O) groups is 1. The lowest BCUT2D eigenvalue weighted by Crippen LogP contribution is -2.55. The Hall–Kier alpha value is -0.530. The van der Waals surface area contributed by atoms with Crippen molar-refractivity contribution in [3.8, 4) is 0 Å². The molecule has 4 unspecified atom stereocenters. The van der Waals surface area contributed by atoms with Crippen molar-refractivity contribution in [3.63, 3.8) is 0 Å². The van der Waals surface area contributed by atoms with Gasteiger partial charge < -0.3 is 25.2 Å². The molecule has 1 aliphatic heterocycles. The average molecular weight is 178 g/mol. The molecule has 1 heterocycles. The van der Waals surface area contributed by atoms with E-state index in [1.807, 2.05) is 0 Å². The summed E-state index contributed by atoms with van der Waals surface area (Å²) in [5, 5.41) is 35.3. The van der Waals surface area contributed by atoms with Gasteiger partial charge in [-0.2, -0.15) is 0 Å². The first-order valence-electron chi connectivity index (χ1n) is 3.42. The molecule has 1 rings (SSSR count). The number of carbonyl (C=O) groups excluding carboxylic acids is 1. The first-order valence-corrected chi connectivity index (χ1v) is 3.42. The van der Waals surface area contributed by atoms with Crippen LogP contribution in [0.2, 0.25) is 0 Å². The third-order valence-electron chi connectivity index (χ3n) is 1.70. The molecule has 1 fully saturated rings. The maximum Gasteiger partial charge on any atom is 0.197 e. The highest BCUT2D eigenvalue weighted by Crippen LogP contribution is 2.15. The Morgan fingerprint density at radius 1 is 1.25 bits per heavy atom. The summed E-state index contributed by atoms with van der Waals surface area (Å²) in [6.45, 7) is -0.587. The number of ether oxygens (including phenoxy) is 1. The molecular weight excluding hydrogens is 168 g/mol. The lowest BCUT2D eigenvalue weighted by molar-refractivity contribution is -0.238. The van der Waals surface area contributed by atoms with E-state index >= 15 is 0 Å². The predicted octanol–water partition coefficient (Wildman–Crippen LogP) is -3.01. The summed E-state index contributed by atoms with van der Waals surface area (Å²) in [4.78, 5) is 10.9. The van der Waals surface area contributed by atoms with E-state index in [-0.39, 0.29) is 0 Å². The Balaban J connectivity index is 2.70. The van der Waals surface area contributed by atoms with Crippen molar-refractivity contribution in [2.45, 2.75) is 24.6 Å². The van der Waals surface area contributed by atoms with Crippen LogP contribution < -0.4 is 0 Å². The molecule has 0 aliphatic carbocycles. The van der Waals surface area contributed by atoms with Crippen LogP contribution in [0.5, 0.6) is 0 Å². The fraction of sp³-hybridized carbons (Fsp3) is 0.833. The summed E-state index contributed by atoms with van der Waals surface area (Å²) < 4.78 is 4.52. The van der Waals surface area contributed by atoms with E-state index in [1.165, 1.54) is 0 Å². The number of aliphatic hydroxyl groups excluding tert-OH is 4. The van der Waals surface area contributed by atoms with Gasteiger partial charge in [0.15, 0.2) is 18.2 Å². The third-order valence-corrected chi connectivity index (χ3v) is 1.70. The minimum absolute atomic E-state index is 0.587. The van der Waals surface area contributed by atoms with Gasteiger partial charge in [-0.3, -0.25) is 4.79 Å². The van der Waals surface area contributed by atoms with Gasteiger partial charge in [0.25, 0.3) is 0 Å². The van der Waals surface area contributed by atoms with E-state index in [0.29, 0.717) is 0 Å². The van der Waals surface area contributed by atoms with Gasteiger partial charge in [-0.15, -0.1) is 0 Å². The molecule has 0 amide bonds. The normalized spacial score (nSPS) is 43.2. The highest BCUT2D eigenvalue weighted by Gasteiger charge is 2.42. The first kappa shape index (κ1) is 9.56. The molecule has 0 saturated carbocycles. The van der Waals surface area contributed by atoms with Crippen molar-refractivity contribution in [1.29, 1.82) is 0 Å². The molecule has 0 bridgehead atoms. The Morgan fingerprint density at radius 2 is 1.83 bits per heavy atom. The predicted molar refractivity (Wildman–Crippen MR) is 35.0 cm³/mol. The van der Waals surface area contributed by atoms with Crippen molar-refractivity contribution in [2.75, 3.05) is 6.61 Å². The Morgan fingerprint density at radius 3 is 2.33 bits per heavy atom. The van der Waals surface area contributed by atoms with Gasteiger partial charge >= 0.3 is 0 Å². The van der Waals surface area contributed by atoms with Gasteiger partial charge in [-0.1, -0.05) is 0 Å². The molecule has 0 aromatic carbocycles. The summed E-state index contributed by atoms with van der Waals surface area (Å²) in [6.07, 6.45) is -6.13. The maximum absolute atomic E-state index is 10.9. The van der Waals surface area contributed by atoms with E-state index in [1.54, 1.807) is 0 Å². The lowest BCUT2D eigenvalue weighted by atomic mass is 10.0. The zero-order chi connectivity index (χ0) is 9.30. The fourth-order valence-corrected chi connectivity index (χ4v) is 0.969. The van der Waals surface area contributed by atoms with Crippen molar-refractivity contribution in [2.24, 2.45) is 0 Å². The maximum atomic E-state index is 10.9. The molecule has 4 atom stereocenters. The smallest absolute Gasteiger partial charge is 0.197 e. The van der Waals surface area contributed by atoms with Gasteiger partial charge in [0.2, 0.25) is 0 Å². The van der Waals surface area contributed by atoms with Crippen LogP contribution in [0.1, 0.15) is 0 Å². The second kappa shape index (κ2) is 3.46.